The summed E-state index contributed by atoms with van der Waals surface area (Å²) in [5, 5.41) is 0.948. The third kappa shape index (κ3) is 3.00. The van der Waals surface area contributed by atoms with E-state index in [1.807, 2.05) is 25.1 Å². The van der Waals surface area contributed by atoms with Gasteiger partial charge in [-0.25, -0.2) is 4.98 Å². The summed E-state index contributed by atoms with van der Waals surface area (Å²) in [5.41, 5.74) is 1.96. The maximum Gasteiger partial charge on any atom is 0.265 e. The van der Waals surface area contributed by atoms with Crippen LogP contribution in [0.25, 0.3) is 10.6 Å². The zero-order chi connectivity index (χ0) is 16.5. The summed E-state index contributed by atoms with van der Waals surface area (Å²) < 4.78 is 0. The van der Waals surface area contributed by atoms with Gasteiger partial charge in [-0.3, -0.25) is 4.79 Å². The fraction of sp³-hybridized carbons (Fsp3) is 0.500. The van der Waals surface area contributed by atoms with Crippen LogP contribution < -0.4 is 0 Å². The van der Waals surface area contributed by atoms with Gasteiger partial charge >= 0.3 is 0 Å². The van der Waals surface area contributed by atoms with Gasteiger partial charge in [-0.15, -0.1) is 11.3 Å². The number of likely N-dealkylation sites (tertiary alicyclic amines) is 1. The molecular formula is C20H24N2OS. The molecule has 0 bridgehead atoms. The predicted octanol–water partition coefficient (Wildman–Crippen LogP) is 4.77. The van der Waals surface area contributed by atoms with Crippen molar-refractivity contribution >= 4 is 17.2 Å². The van der Waals surface area contributed by atoms with Crippen molar-refractivity contribution in [1.29, 1.82) is 0 Å². The van der Waals surface area contributed by atoms with Gasteiger partial charge in [0.15, 0.2) is 0 Å². The van der Waals surface area contributed by atoms with Gasteiger partial charge < -0.3 is 4.90 Å². The van der Waals surface area contributed by atoms with E-state index in [0.717, 1.165) is 46.1 Å². The second kappa shape index (κ2) is 6.67. The molecule has 0 N–H and O–H groups in total. The van der Waals surface area contributed by atoms with Gasteiger partial charge in [0.25, 0.3) is 5.91 Å². The van der Waals surface area contributed by atoms with Crippen molar-refractivity contribution in [2.45, 2.75) is 39.0 Å². The SMILES string of the molecule is Cc1nc(-c2ccccc2)sc1C(=O)N1CC[C@@H]2CCCC[C@@H]2C1. The molecule has 4 heteroatoms. The Balaban J connectivity index is 1.53. The fourth-order valence-corrected chi connectivity index (χ4v) is 5.27. The molecule has 2 fully saturated rings. The number of aromatic nitrogens is 1. The van der Waals surface area contributed by atoms with Crippen LogP contribution in [0.4, 0.5) is 0 Å². The second-order valence-electron chi connectivity index (χ2n) is 7.14. The van der Waals surface area contributed by atoms with Gasteiger partial charge in [0.1, 0.15) is 9.88 Å². The molecule has 1 aliphatic carbocycles. The number of benzene rings is 1. The summed E-state index contributed by atoms with van der Waals surface area (Å²) in [4.78, 5) is 20.6. The number of fused-ring (bicyclic) bond motifs is 1. The van der Waals surface area contributed by atoms with E-state index in [2.05, 4.69) is 22.0 Å². The lowest BCUT2D eigenvalue weighted by Gasteiger charge is -2.41. The van der Waals surface area contributed by atoms with Crippen LogP contribution in [-0.4, -0.2) is 28.9 Å². The van der Waals surface area contributed by atoms with E-state index in [4.69, 9.17) is 0 Å². The highest BCUT2D eigenvalue weighted by molar-refractivity contribution is 7.17. The van der Waals surface area contributed by atoms with Crippen LogP contribution in [0.5, 0.6) is 0 Å². The van der Waals surface area contributed by atoms with Gasteiger partial charge in [-0.2, -0.15) is 0 Å². The van der Waals surface area contributed by atoms with Crippen LogP contribution in [-0.2, 0) is 0 Å². The minimum atomic E-state index is 0.191. The number of aryl methyl sites for hydroxylation is 1. The normalized spacial score (nSPS) is 23.8. The third-order valence-corrected chi connectivity index (χ3v) is 6.78. The first-order valence-electron chi connectivity index (χ1n) is 9.04. The molecule has 2 heterocycles. The number of nitrogens with zero attached hydrogens (tertiary/aromatic N) is 2. The zero-order valence-electron chi connectivity index (χ0n) is 14.2. The second-order valence-corrected chi connectivity index (χ2v) is 8.14. The van der Waals surface area contributed by atoms with E-state index in [1.54, 1.807) is 11.3 Å². The molecular weight excluding hydrogens is 316 g/mol. The first-order chi connectivity index (χ1) is 11.7. The standard InChI is InChI=1S/C20H24N2OS/c1-14-18(24-19(21-14)16-8-3-2-4-9-16)20(23)22-12-11-15-7-5-6-10-17(15)13-22/h2-4,8-9,15,17H,5-7,10-13H2,1H3/t15-,17+/m0/s1. The lowest BCUT2D eigenvalue weighted by atomic mass is 9.75. The number of hydrogen-bond donors (Lipinski definition) is 0. The van der Waals surface area contributed by atoms with Crippen molar-refractivity contribution in [2.75, 3.05) is 13.1 Å². The molecule has 2 aromatic rings. The average Bonchev–Trinajstić information content (AvgIpc) is 3.03. The smallest absolute Gasteiger partial charge is 0.265 e. The summed E-state index contributed by atoms with van der Waals surface area (Å²) in [6.07, 6.45) is 6.56. The largest absolute Gasteiger partial charge is 0.338 e. The Morgan fingerprint density at radius 3 is 2.67 bits per heavy atom. The van der Waals surface area contributed by atoms with Crippen molar-refractivity contribution in [2.24, 2.45) is 11.8 Å². The van der Waals surface area contributed by atoms with Crippen LogP contribution in [0.15, 0.2) is 30.3 Å². The van der Waals surface area contributed by atoms with Gasteiger partial charge in [0, 0.05) is 18.7 Å². The van der Waals surface area contributed by atoms with E-state index >= 15 is 0 Å². The van der Waals surface area contributed by atoms with Gasteiger partial charge in [-0.1, -0.05) is 49.6 Å². The molecule has 2 atom stereocenters. The van der Waals surface area contributed by atoms with E-state index in [-0.39, 0.29) is 5.91 Å². The van der Waals surface area contributed by atoms with Crippen molar-refractivity contribution in [3.8, 4) is 10.6 Å². The molecule has 1 aromatic heterocycles. The maximum absolute atomic E-state index is 13.0. The predicted molar refractivity (Wildman–Crippen MR) is 98.3 cm³/mol. The number of hydrogen-bond acceptors (Lipinski definition) is 3. The lowest BCUT2D eigenvalue weighted by molar-refractivity contribution is 0.0524. The average molecular weight is 340 g/mol. The Kier molecular flexibility index (Phi) is 4.40. The Morgan fingerprint density at radius 2 is 1.88 bits per heavy atom. The molecule has 24 heavy (non-hydrogen) atoms. The van der Waals surface area contributed by atoms with Crippen molar-refractivity contribution in [3.05, 3.63) is 40.9 Å². The minimum absolute atomic E-state index is 0.191. The van der Waals surface area contributed by atoms with Crippen LogP contribution >= 0.6 is 11.3 Å². The topological polar surface area (TPSA) is 33.2 Å². The number of amides is 1. The molecule has 1 aliphatic heterocycles. The molecule has 0 radical (unpaired) electrons. The molecule has 4 rings (SSSR count). The quantitative estimate of drug-likeness (QED) is 0.789. The number of rotatable bonds is 2. The number of thiazole rings is 1. The maximum atomic E-state index is 13.0. The summed E-state index contributed by atoms with van der Waals surface area (Å²) in [6, 6.07) is 10.1. The van der Waals surface area contributed by atoms with E-state index < -0.39 is 0 Å². The summed E-state index contributed by atoms with van der Waals surface area (Å²) in [5.74, 6) is 1.76. The first-order valence-corrected chi connectivity index (χ1v) is 9.86. The number of carbonyl (C=O) groups is 1. The molecule has 1 aromatic carbocycles. The highest BCUT2D eigenvalue weighted by Crippen LogP contribution is 2.37. The minimum Gasteiger partial charge on any atom is -0.338 e. The molecule has 1 saturated carbocycles. The number of carbonyl (C=O) groups excluding carboxylic acids is 1. The summed E-state index contributed by atoms with van der Waals surface area (Å²) >= 11 is 1.54. The van der Waals surface area contributed by atoms with Gasteiger partial charge in [0.05, 0.1) is 5.69 Å². The Bertz CT molecular complexity index is 724. The van der Waals surface area contributed by atoms with Crippen LogP contribution in [0.1, 0.15) is 47.5 Å². The zero-order valence-corrected chi connectivity index (χ0v) is 15.0. The lowest BCUT2D eigenvalue weighted by Crippen LogP contribution is -2.44. The van der Waals surface area contributed by atoms with Gasteiger partial charge in [-0.05, 0) is 31.6 Å². The number of piperidine rings is 1. The summed E-state index contributed by atoms with van der Waals surface area (Å²) in [7, 11) is 0. The van der Waals surface area contributed by atoms with Crippen LogP contribution in [0, 0.1) is 18.8 Å². The van der Waals surface area contributed by atoms with Crippen LogP contribution in [0.2, 0.25) is 0 Å². The monoisotopic (exact) mass is 340 g/mol. The molecule has 1 amide bonds. The first kappa shape index (κ1) is 15.8. The molecule has 2 aliphatic rings. The third-order valence-electron chi connectivity index (χ3n) is 5.59. The molecule has 126 valence electrons. The molecule has 3 nitrogen and oxygen atoms in total. The van der Waals surface area contributed by atoms with Crippen molar-refractivity contribution < 1.29 is 4.79 Å². The molecule has 1 saturated heterocycles. The molecule has 0 unspecified atom stereocenters. The van der Waals surface area contributed by atoms with Crippen molar-refractivity contribution in [1.82, 2.24) is 9.88 Å². The Morgan fingerprint density at radius 1 is 1.12 bits per heavy atom. The fourth-order valence-electron chi connectivity index (χ4n) is 4.23. The molecule has 0 spiro atoms. The van der Waals surface area contributed by atoms with Gasteiger partial charge in [0.2, 0.25) is 0 Å². The van der Waals surface area contributed by atoms with E-state index in [9.17, 15) is 4.79 Å². The van der Waals surface area contributed by atoms with Crippen molar-refractivity contribution in [3.63, 3.8) is 0 Å². The van der Waals surface area contributed by atoms with Crippen LogP contribution in [0.3, 0.4) is 0 Å². The van der Waals surface area contributed by atoms with E-state index in [0.29, 0.717) is 0 Å². The highest BCUT2D eigenvalue weighted by atomic mass is 32.1. The van der Waals surface area contributed by atoms with E-state index in [1.165, 1.54) is 32.1 Å². The highest BCUT2D eigenvalue weighted by Gasteiger charge is 2.34. The Hall–Kier alpha value is -1.68. The summed E-state index contributed by atoms with van der Waals surface area (Å²) in [6.45, 7) is 3.82. The Labute approximate surface area is 147 Å².